The number of likely N-dealkylation sites (tertiary alicyclic amines) is 1. The van der Waals surface area contributed by atoms with E-state index in [9.17, 15) is 4.79 Å². The van der Waals surface area contributed by atoms with Crippen LogP contribution in [0.15, 0.2) is 0 Å². The molecule has 1 fully saturated rings. The zero-order chi connectivity index (χ0) is 12.2. The molecule has 2 N–H and O–H groups in total. The predicted octanol–water partition coefficient (Wildman–Crippen LogP) is 0.999. The fourth-order valence-electron chi connectivity index (χ4n) is 1.78. The molecule has 94 valence electrons. The van der Waals surface area contributed by atoms with E-state index in [2.05, 4.69) is 4.90 Å². The Bertz CT molecular complexity index is 236. The average molecular weight is 228 g/mol. The second kappa shape index (κ2) is 5.64. The Morgan fingerprint density at radius 1 is 1.50 bits per heavy atom. The number of carbonyl (C=O) groups is 1. The Morgan fingerprint density at radius 2 is 2.19 bits per heavy atom. The summed E-state index contributed by atoms with van der Waals surface area (Å²) in [6.45, 7) is 8.87. The van der Waals surface area contributed by atoms with Crippen LogP contribution in [0, 0.1) is 5.41 Å². The van der Waals surface area contributed by atoms with Gasteiger partial charge in [0.25, 0.3) is 0 Å². The van der Waals surface area contributed by atoms with E-state index in [1.807, 2.05) is 20.8 Å². The highest BCUT2D eigenvalue weighted by Gasteiger charge is 2.23. The third-order valence-corrected chi connectivity index (χ3v) is 2.80. The molecule has 0 amide bonds. The van der Waals surface area contributed by atoms with Gasteiger partial charge in [-0.05, 0) is 40.2 Å². The molecule has 0 aromatic heterocycles. The van der Waals surface area contributed by atoms with E-state index < -0.39 is 5.41 Å². The molecule has 0 spiro atoms. The first-order chi connectivity index (χ1) is 7.39. The van der Waals surface area contributed by atoms with Crippen molar-refractivity contribution in [3.05, 3.63) is 0 Å². The number of hydrogen-bond acceptors (Lipinski definition) is 4. The van der Waals surface area contributed by atoms with Crippen LogP contribution in [-0.2, 0) is 9.53 Å². The summed E-state index contributed by atoms with van der Waals surface area (Å²) < 4.78 is 5.22. The van der Waals surface area contributed by atoms with Gasteiger partial charge in [-0.3, -0.25) is 9.69 Å². The molecule has 1 atom stereocenters. The van der Waals surface area contributed by atoms with E-state index in [0.717, 1.165) is 32.5 Å². The first kappa shape index (κ1) is 13.5. The summed E-state index contributed by atoms with van der Waals surface area (Å²) in [4.78, 5) is 13.8. The zero-order valence-electron chi connectivity index (χ0n) is 10.7. The van der Waals surface area contributed by atoms with Crippen LogP contribution < -0.4 is 5.73 Å². The van der Waals surface area contributed by atoms with Crippen LogP contribution in [0.3, 0.4) is 0 Å². The van der Waals surface area contributed by atoms with Crippen LogP contribution in [0.25, 0.3) is 0 Å². The van der Waals surface area contributed by atoms with Gasteiger partial charge >= 0.3 is 5.97 Å². The molecule has 4 nitrogen and oxygen atoms in total. The average Bonchev–Trinajstić information content (AvgIpc) is 2.16. The van der Waals surface area contributed by atoms with Gasteiger partial charge in [0, 0.05) is 19.1 Å². The number of carbonyl (C=O) groups excluding carboxylic acids is 1. The van der Waals surface area contributed by atoms with Crippen molar-refractivity contribution in [2.24, 2.45) is 11.1 Å². The Morgan fingerprint density at radius 3 is 2.75 bits per heavy atom. The highest BCUT2D eigenvalue weighted by molar-refractivity contribution is 5.75. The van der Waals surface area contributed by atoms with Gasteiger partial charge < -0.3 is 10.5 Å². The summed E-state index contributed by atoms with van der Waals surface area (Å²) in [5.74, 6) is -0.131. The quantitative estimate of drug-likeness (QED) is 0.732. The van der Waals surface area contributed by atoms with Crippen LogP contribution >= 0.6 is 0 Å². The van der Waals surface area contributed by atoms with E-state index in [-0.39, 0.29) is 12.0 Å². The van der Waals surface area contributed by atoms with Crippen molar-refractivity contribution in [3.63, 3.8) is 0 Å². The van der Waals surface area contributed by atoms with Gasteiger partial charge in [0.2, 0.25) is 0 Å². The van der Waals surface area contributed by atoms with Gasteiger partial charge in [0.1, 0.15) is 6.61 Å². The molecule has 0 radical (unpaired) electrons. The van der Waals surface area contributed by atoms with Gasteiger partial charge in [-0.15, -0.1) is 0 Å². The number of hydrogen-bond donors (Lipinski definition) is 1. The largest absolute Gasteiger partial charge is 0.464 e. The van der Waals surface area contributed by atoms with Crippen molar-refractivity contribution < 1.29 is 9.53 Å². The maximum absolute atomic E-state index is 11.5. The Hall–Kier alpha value is -0.610. The van der Waals surface area contributed by atoms with Crippen molar-refractivity contribution in [1.29, 1.82) is 0 Å². The number of rotatable bonds is 3. The van der Waals surface area contributed by atoms with E-state index in [0.29, 0.717) is 6.61 Å². The van der Waals surface area contributed by atoms with E-state index in [4.69, 9.17) is 10.5 Å². The fraction of sp³-hybridized carbons (Fsp3) is 0.917. The summed E-state index contributed by atoms with van der Waals surface area (Å²) in [6.07, 6.45) is 2.26. The number of esters is 1. The smallest absolute Gasteiger partial charge is 0.311 e. The van der Waals surface area contributed by atoms with Crippen molar-refractivity contribution in [2.45, 2.75) is 39.7 Å². The monoisotopic (exact) mass is 228 g/mol. The normalized spacial score (nSPS) is 23.1. The highest BCUT2D eigenvalue weighted by atomic mass is 16.5. The number of ether oxygens (including phenoxy) is 1. The number of nitrogens with two attached hydrogens (primary N) is 1. The van der Waals surface area contributed by atoms with Crippen LogP contribution in [0.5, 0.6) is 0 Å². The first-order valence-electron chi connectivity index (χ1n) is 6.05. The Kier molecular flexibility index (Phi) is 4.74. The zero-order valence-corrected chi connectivity index (χ0v) is 10.7. The molecule has 0 aliphatic carbocycles. The van der Waals surface area contributed by atoms with Crippen molar-refractivity contribution in [3.8, 4) is 0 Å². The van der Waals surface area contributed by atoms with Crippen molar-refractivity contribution in [2.75, 3.05) is 26.2 Å². The Labute approximate surface area is 98.1 Å². The van der Waals surface area contributed by atoms with Crippen LogP contribution in [-0.4, -0.2) is 43.2 Å². The lowest BCUT2D eigenvalue weighted by molar-refractivity contribution is -0.153. The molecule has 16 heavy (non-hydrogen) atoms. The third kappa shape index (κ3) is 4.49. The SMILES string of the molecule is CC(C)(C)C(=O)OCCN1CCCC(N)C1. The van der Waals surface area contributed by atoms with E-state index >= 15 is 0 Å². The molecule has 1 aliphatic rings. The van der Waals surface area contributed by atoms with Gasteiger partial charge in [0.05, 0.1) is 5.41 Å². The van der Waals surface area contributed by atoms with Crippen LogP contribution in [0.2, 0.25) is 0 Å². The molecular weight excluding hydrogens is 204 g/mol. The molecule has 0 aromatic rings. The van der Waals surface area contributed by atoms with Crippen LogP contribution in [0.1, 0.15) is 33.6 Å². The van der Waals surface area contributed by atoms with Crippen molar-refractivity contribution >= 4 is 5.97 Å². The van der Waals surface area contributed by atoms with Gasteiger partial charge in [-0.25, -0.2) is 0 Å². The maximum Gasteiger partial charge on any atom is 0.311 e. The molecule has 1 rings (SSSR count). The van der Waals surface area contributed by atoms with Crippen molar-refractivity contribution in [1.82, 2.24) is 4.90 Å². The molecular formula is C12H24N2O2. The van der Waals surface area contributed by atoms with E-state index in [1.54, 1.807) is 0 Å². The number of piperidine rings is 1. The van der Waals surface area contributed by atoms with Crippen LogP contribution in [0.4, 0.5) is 0 Å². The predicted molar refractivity (Wildman–Crippen MR) is 64.1 cm³/mol. The molecule has 4 heteroatoms. The molecule has 1 unspecified atom stereocenters. The maximum atomic E-state index is 11.5. The minimum Gasteiger partial charge on any atom is -0.464 e. The minimum atomic E-state index is -0.404. The van der Waals surface area contributed by atoms with E-state index in [1.165, 1.54) is 0 Å². The summed E-state index contributed by atoms with van der Waals surface area (Å²) in [5, 5.41) is 0. The van der Waals surface area contributed by atoms with Gasteiger partial charge in [-0.1, -0.05) is 0 Å². The molecule has 1 aliphatic heterocycles. The lowest BCUT2D eigenvalue weighted by atomic mass is 9.97. The van der Waals surface area contributed by atoms with Gasteiger partial charge in [0.15, 0.2) is 0 Å². The number of nitrogens with zero attached hydrogens (tertiary/aromatic N) is 1. The third-order valence-electron chi connectivity index (χ3n) is 2.80. The Balaban J connectivity index is 2.18. The summed E-state index contributed by atoms with van der Waals surface area (Å²) in [6, 6.07) is 0.284. The van der Waals surface area contributed by atoms with Gasteiger partial charge in [-0.2, -0.15) is 0 Å². The molecule has 0 aromatic carbocycles. The lowest BCUT2D eigenvalue weighted by Gasteiger charge is -2.30. The molecule has 0 saturated carbocycles. The molecule has 1 saturated heterocycles. The molecule has 1 heterocycles. The highest BCUT2D eigenvalue weighted by Crippen LogP contribution is 2.15. The second-order valence-corrected chi connectivity index (χ2v) is 5.59. The first-order valence-corrected chi connectivity index (χ1v) is 6.05. The topological polar surface area (TPSA) is 55.6 Å². The lowest BCUT2D eigenvalue weighted by Crippen LogP contribution is -2.44. The minimum absolute atomic E-state index is 0.131. The summed E-state index contributed by atoms with van der Waals surface area (Å²) in [7, 11) is 0. The fourth-order valence-corrected chi connectivity index (χ4v) is 1.78. The second-order valence-electron chi connectivity index (χ2n) is 5.59. The summed E-state index contributed by atoms with van der Waals surface area (Å²) >= 11 is 0. The summed E-state index contributed by atoms with van der Waals surface area (Å²) in [5.41, 5.74) is 5.47. The molecule has 0 bridgehead atoms. The standard InChI is InChI=1S/C12H24N2O2/c1-12(2,3)11(15)16-8-7-14-6-4-5-10(13)9-14/h10H,4-9,13H2,1-3H3.